The van der Waals surface area contributed by atoms with Gasteiger partial charge in [0.2, 0.25) is 11.8 Å². The van der Waals surface area contributed by atoms with Crippen LogP contribution in [0.4, 0.5) is 5.69 Å². The Morgan fingerprint density at radius 2 is 1.48 bits per heavy atom. The summed E-state index contributed by atoms with van der Waals surface area (Å²) in [5.41, 5.74) is 0.958. The molecule has 6 atom stereocenters. The Balaban J connectivity index is 1.35. The molecule has 2 aromatic carbocycles. The summed E-state index contributed by atoms with van der Waals surface area (Å²) >= 11 is 6.29. The van der Waals surface area contributed by atoms with Crippen LogP contribution in [0.25, 0.3) is 0 Å². The summed E-state index contributed by atoms with van der Waals surface area (Å²) < 4.78 is 0. The number of carbonyl (C=O) groups is 3. The van der Waals surface area contributed by atoms with Crippen molar-refractivity contribution >= 4 is 35.0 Å². The van der Waals surface area contributed by atoms with E-state index in [1.54, 1.807) is 36.4 Å². The van der Waals surface area contributed by atoms with Crippen LogP contribution in [-0.2, 0) is 9.59 Å². The van der Waals surface area contributed by atoms with E-state index in [0.717, 1.165) is 6.42 Å². The van der Waals surface area contributed by atoms with Crippen molar-refractivity contribution in [2.75, 3.05) is 11.6 Å². The highest BCUT2D eigenvalue weighted by Crippen LogP contribution is 2.65. The molecule has 0 N–H and O–H groups in total. The standard InChI is InChI=1S/C25H21ClN2O3/c26-20-9-5-4-8-17(20)23(29)27(14-6-2-1-3-7-14)13-28-24(30)21-15-10-11-16(19-12-18(15)19)22(21)25(28)31/h1-11,15-16,18-19,21-22H,12-13H2/t15-,16+,18-,19-,21+,22+/m1/s1. The van der Waals surface area contributed by atoms with Crippen molar-refractivity contribution in [2.24, 2.45) is 35.5 Å². The van der Waals surface area contributed by atoms with E-state index in [0.29, 0.717) is 28.1 Å². The van der Waals surface area contributed by atoms with Gasteiger partial charge in [-0.05, 0) is 54.4 Å². The Kier molecular flexibility index (Phi) is 4.12. The van der Waals surface area contributed by atoms with Gasteiger partial charge in [-0.3, -0.25) is 24.2 Å². The van der Waals surface area contributed by atoms with Crippen LogP contribution in [0.15, 0.2) is 66.7 Å². The van der Waals surface area contributed by atoms with Crippen molar-refractivity contribution in [3.05, 3.63) is 77.3 Å². The third-order valence-corrected chi connectivity index (χ3v) is 7.78. The van der Waals surface area contributed by atoms with E-state index >= 15 is 0 Å². The first-order valence-corrected chi connectivity index (χ1v) is 11.1. The molecule has 1 heterocycles. The maximum Gasteiger partial charge on any atom is 0.261 e. The van der Waals surface area contributed by atoms with Gasteiger partial charge in [0.15, 0.2) is 0 Å². The first kappa shape index (κ1) is 18.8. The van der Waals surface area contributed by atoms with E-state index < -0.39 is 0 Å². The van der Waals surface area contributed by atoms with E-state index in [1.165, 1.54) is 9.80 Å². The lowest BCUT2D eigenvalue weighted by Gasteiger charge is -2.37. The Morgan fingerprint density at radius 1 is 0.903 bits per heavy atom. The number of para-hydroxylation sites is 1. The maximum absolute atomic E-state index is 13.5. The molecule has 3 amide bonds. The van der Waals surface area contributed by atoms with Crippen LogP contribution < -0.4 is 4.90 Å². The lowest BCUT2D eigenvalue weighted by Crippen LogP contribution is -2.45. The highest BCUT2D eigenvalue weighted by atomic mass is 35.5. The fourth-order valence-electron chi connectivity index (χ4n) is 5.95. The molecular weight excluding hydrogens is 412 g/mol. The number of nitrogens with zero attached hydrogens (tertiary/aromatic N) is 2. The normalized spacial score (nSPS) is 32.1. The van der Waals surface area contributed by atoms with Crippen molar-refractivity contribution in [3.8, 4) is 0 Å². The van der Waals surface area contributed by atoms with Gasteiger partial charge in [0.1, 0.15) is 6.67 Å². The van der Waals surface area contributed by atoms with Crippen molar-refractivity contribution in [1.82, 2.24) is 4.90 Å². The summed E-state index contributed by atoms with van der Waals surface area (Å²) in [6, 6.07) is 15.9. The average molecular weight is 433 g/mol. The average Bonchev–Trinajstić information content (AvgIpc) is 3.58. The van der Waals surface area contributed by atoms with Crippen LogP contribution >= 0.6 is 11.6 Å². The largest absolute Gasteiger partial charge is 0.290 e. The summed E-state index contributed by atoms with van der Waals surface area (Å²) in [5, 5.41) is 0.337. The smallest absolute Gasteiger partial charge is 0.261 e. The number of anilines is 1. The number of hydrogen-bond donors (Lipinski definition) is 0. The molecule has 31 heavy (non-hydrogen) atoms. The van der Waals surface area contributed by atoms with Crippen molar-refractivity contribution in [3.63, 3.8) is 0 Å². The molecule has 2 saturated carbocycles. The minimum Gasteiger partial charge on any atom is -0.290 e. The summed E-state index contributed by atoms with van der Waals surface area (Å²) in [6.45, 7) is -0.104. The van der Waals surface area contributed by atoms with E-state index in [4.69, 9.17) is 11.6 Å². The molecule has 5 aliphatic rings. The first-order valence-electron chi connectivity index (χ1n) is 10.7. The molecule has 6 heteroatoms. The number of hydrogen-bond acceptors (Lipinski definition) is 3. The maximum atomic E-state index is 13.5. The molecule has 7 rings (SSSR count). The SMILES string of the molecule is O=C1[C@H]2[C@@H]3C=C[C@@H]([C@H]4C[C@H]34)[C@@H]2C(=O)N1CN(C(=O)c1ccccc1Cl)c1ccccc1. The summed E-state index contributed by atoms with van der Waals surface area (Å²) in [7, 11) is 0. The van der Waals surface area contributed by atoms with Crippen LogP contribution in [0.2, 0.25) is 5.02 Å². The van der Waals surface area contributed by atoms with Gasteiger partial charge in [-0.25, -0.2) is 0 Å². The van der Waals surface area contributed by atoms with Crippen LogP contribution in [0.5, 0.6) is 0 Å². The Hall–Kier alpha value is -2.92. The van der Waals surface area contributed by atoms with Crippen LogP contribution in [0, 0.1) is 35.5 Å². The van der Waals surface area contributed by atoms with Gasteiger partial charge in [-0.2, -0.15) is 0 Å². The zero-order chi connectivity index (χ0) is 21.3. The van der Waals surface area contributed by atoms with E-state index in [-0.39, 0.29) is 48.1 Å². The monoisotopic (exact) mass is 432 g/mol. The van der Waals surface area contributed by atoms with Crippen LogP contribution in [0.1, 0.15) is 16.8 Å². The van der Waals surface area contributed by atoms with Gasteiger partial charge >= 0.3 is 0 Å². The molecule has 4 aliphatic carbocycles. The number of halogens is 1. The van der Waals surface area contributed by atoms with Gasteiger partial charge in [-0.15, -0.1) is 0 Å². The molecule has 156 valence electrons. The number of rotatable bonds is 4. The number of carbonyl (C=O) groups excluding carboxylic acids is 3. The second kappa shape index (κ2) is 6.79. The Morgan fingerprint density at radius 3 is 2.10 bits per heavy atom. The highest BCUT2D eigenvalue weighted by molar-refractivity contribution is 6.34. The molecule has 0 unspecified atom stereocenters. The minimum atomic E-state index is -0.337. The molecule has 0 aromatic heterocycles. The predicted octanol–water partition coefficient (Wildman–Crippen LogP) is 4.00. The summed E-state index contributed by atoms with van der Waals surface area (Å²) in [4.78, 5) is 43.0. The lowest BCUT2D eigenvalue weighted by molar-refractivity contribution is -0.140. The number of imide groups is 1. The van der Waals surface area contributed by atoms with Gasteiger partial charge in [-0.1, -0.05) is 54.1 Å². The van der Waals surface area contributed by atoms with Crippen molar-refractivity contribution in [2.45, 2.75) is 6.42 Å². The zero-order valence-corrected chi connectivity index (χ0v) is 17.5. The van der Waals surface area contributed by atoms with Gasteiger partial charge in [0.05, 0.1) is 22.4 Å². The molecule has 1 saturated heterocycles. The number of allylic oxidation sites excluding steroid dienone is 2. The third kappa shape index (κ3) is 2.72. The second-order valence-electron chi connectivity index (χ2n) is 8.95. The first-order chi connectivity index (χ1) is 15.1. The fraction of sp³-hybridized carbons (Fsp3) is 0.320. The van der Waals surface area contributed by atoms with Gasteiger partial charge in [0, 0.05) is 5.69 Å². The van der Waals surface area contributed by atoms with Gasteiger partial charge < -0.3 is 0 Å². The lowest BCUT2D eigenvalue weighted by atomic mass is 9.63. The van der Waals surface area contributed by atoms with Crippen molar-refractivity contribution < 1.29 is 14.4 Å². The Bertz CT molecular complexity index is 1090. The summed E-state index contributed by atoms with van der Waals surface area (Å²) in [5.74, 6) is 0.220. The minimum absolute atomic E-state index is 0.104. The molecule has 2 aromatic rings. The van der Waals surface area contributed by atoms with E-state index in [1.807, 2.05) is 18.2 Å². The third-order valence-electron chi connectivity index (χ3n) is 7.45. The van der Waals surface area contributed by atoms with Crippen LogP contribution in [0.3, 0.4) is 0 Å². The molecule has 0 spiro atoms. The molecular formula is C25H21ClN2O3. The number of benzene rings is 2. The summed E-state index contributed by atoms with van der Waals surface area (Å²) in [6.07, 6.45) is 5.42. The van der Waals surface area contributed by atoms with Crippen LogP contribution in [-0.4, -0.2) is 29.3 Å². The molecule has 1 aliphatic heterocycles. The number of likely N-dealkylation sites (tertiary alicyclic amines) is 1. The number of amides is 3. The predicted molar refractivity (Wildman–Crippen MR) is 116 cm³/mol. The topological polar surface area (TPSA) is 57.7 Å². The molecule has 0 radical (unpaired) electrons. The second-order valence-corrected chi connectivity index (χ2v) is 9.36. The van der Waals surface area contributed by atoms with E-state index in [2.05, 4.69) is 12.2 Å². The van der Waals surface area contributed by atoms with Gasteiger partial charge in [0.25, 0.3) is 5.91 Å². The quantitative estimate of drug-likeness (QED) is 0.542. The molecule has 2 bridgehead atoms. The molecule has 3 fully saturated rings. The Labute approximate surface area is 185 Å². The highest BCUT2D eigenvalue weighted by Gasteiger charge is 2.67. The van der Waals surface area contributed by atoms with E-state index in [9.17, 15) is 14.4 Å². The zero-order valence-electron chi connectivity index (χ0n) is 16.7. The fourth-order valence-corrected chi connectivity index (χ4v) is 6.17. The van der Waals surface area contributed by atoms with Crippen molar-refractivity contribution in [1.29, 1.82) is 0 Å². The molecule has 5 nitrogen and oxygen atoms in total.